The number of benzene rings is 1. The van der Waals surface area contributed by atoms with E-state index < -0.39 is 17.7 Å². The third-order valence-electron chi connectivity index (χ3n) is 2.66. The zero-order chi connectivity index (χ0) is 15.7. The molecule has 8 heteroatoms. The lowest BCUT2D eigenvalue weighted by atomic mass is 10.2. The van der Waals surface area contributed by atoms with E-state index in [0.29, 0.717) is 5.56 Å². The molecule has 0 saturated carbocycles. The number of hydrogen-bond donors (Lipinski definition) is 2. The van der Waals surface area contributed by atoms with Crippen LogP contribution in [0.4, 0.5) is 10.1 Å². The standard InChI is InChI=1S/C13H8Cl2FNO3S/c1-5-4-21-11(13(19)20)10(5)17-12(18)6-2-9(16)8(15)3-7(6)14/h2-4H,1H3,(H,17,18)(H,19,20). The summed E-state index contributed by atoms with van der Waals surface area (Å²) in [6.07, 6.45) is 0. The van der Waals surface area contributed by atoms with Gasteiger partial charge in [-0.25, -0.2) is 9.18 Å². The van der Waals surface area contributed by atoms with Gasteiger partial charge in [-0.2, -0.15) is 0 Å². The molecule has 0 aliphatic carbocycles. The molecule has 0 spiro atoms. The molecule has 0 radical (unpaired) electrons. The summed E-state index contributed by atoms with van der Waals surface area (Å²) < 4.78 is 13.4. The third kappa shape index (κ3) is 3.18. The van der Waals surface area contributed by atoms with E-state index in [4.69, 9.17) is 28.3 Å². The van der Waals surface area contributed by atoms with Crippen LogP contribution in [-0.4, -0.2) is 17.0 Å². The van der Waals surface area contributed by atoms with Crippen molar-refractivity contribution in [1.82, 2.24) is 0 Å². The lowest BCUT2D eigenvalue weighted by molar-refractivity contribution is 0.0703. The van der Waals surface area contributed by atoms with Gasteiger partial charge in [0.1, 0.15) is 10.7 Å². The number of anilines is 1. The Morgan fingerprint density at radius 2 is 1.95 bits per heavy atom. The van der Waals surface area contributed by atoms with Crippen molar-refractivity contribution in [3.8, 4) is 0 Å². The fourth-order valence-corrected chi connectivity index (χ4v) is 2.95. The summed E-state index contributed by atoms with van der Waals surface area (Å²) in [4.78, 5) is 23.2. The molecule has 0 aliphatic heterocycles. The van der Waals surface area contributed by atoms with Crippen molar-refractivity contribution in [3.63, 3.8) is 0 Å². The highest BCUT2D eigenvalue weighted by atomic mass is 35.5. The van der Waals surface area contributed by atoms with Crippen LogP contribution in [0.5, 0.6) is 0 Å². The number of aromatic carboxylic acids is 1. The molecule has 0 atom stereocenters. The monoisotopic (exact) mass is 347 g/mol. The predicted molar refractivity (Wildman–Crippen MR) is 80.4 cm³/mol. The number of carboxylic acid groups (broad SMARTS) is 1. The van der Waals surface area contributed by atoms with E-state index in [1.165, 1.54) is 0 Å². The zero-order valence-electron chi connectivity index (χ0n) is 10.5. The van der Waals surface area contributed by atoms with Crippen LogP contribution < -0.4 is 5.32 Å². The molecule has 2 aromatic rings. The summed E-state index contributed by atoms with van der Waals surface area (Å²) in [5.41, 5.74) is 0.640. The van der Waals surface area contributed by atoms with Gasteiger partial charge >= 0.3 is 5.97 Å². The quantitative estimate of drug-likeness (QED) is 0.805. The lowest BCUT2D eigenvalue weighted by Gasteiger charge is -2.08. The van der Waals surface area contributed by atoms with Crippen molar-refractivity contribution < 1.29 is 19.1 Å². The van der Waals surface area contributed by atoms with Crippen LogP contribution >= 0.6 is 34.5 Å². The molecule has 2 rings (SSSR count). The Hall–Kier alpha value is -1.63. The van der Waals surface area contributed by atoms with E-state index in [1.54, 1.807) is 12.3 Å². The van der Waals surface area contributed by atoms with Gasteiger partial charge in [0.2, 0.25) is 0 Å². The molecular formula is C13H8Cl2FNO3S. The number of halogens is 3. The summed E-state index contributed by atoms with van der Waals surface area (Å²) >= 11 is 12.4. The predicted octanol–water partition coefficient (Wildman–Crippen LogP) is 4.45. The Morgan fingerprint density at radius 1 is 1.29 bits per heavy atom. The van der Waals surface area contributed by atoms with Gasteiger partial charge in [0.05, 0.1) is 21.3 Å². The van der Waals surface area contributed by atoms with Crippen molar-refractivity contribution in [2.45, 2.75) is 6.92 Å². The fraction of sp³-hybridized carbons (Fsp3) is 0.0769. The van der Waals surface area contributed by atoms with Crippen LogP contribution in [-0.2, 0) is 0 Å². The largest absolute Gasteiger partial charge is 0.477 e. The maximum Gasteiger partial charge on any atom is 0.348 e. The van der Waals surface area contributed by atoms with Crippen molar-refractivity contribution in [2.24, 2.45) is 0 Å². The number of hydrogen-bond acceptors (Lipinski definition) is 3. The fourth-order valence-electron chi connectivity index (χ4n) is 1.63. The molecule has 0 aliphatic rings. The molecule has 21 heavy (non-hydrogen) atoms. The minimum Gasteiger partial charge on any atom is -0.477 e. The van der Waals surface area contributed by atoms with Crippen LogP contribution in [0.3, 0.4) is 0 Å². The first kappa shape index (κ1) is 15.8. The lowest BCUT2D eigenvalue weighted by Crippen LogP contribution is -2.15. The van der Waals surface area contributed by atoms with Crippen molar-refractivity contribution in [1.29, 1.82) is 0 Å². The van der Waals surface area contributed by atoms with E-state index in [1.807, 2.05) is 0 Å². The third-order valence-corrected chi connectivity index (χ3v) is 4.35. The van der Waals surface area contributed by atoms with Crippen molar-refractivity contribution in [2.75, 3.05) is 5.32 Å². The number of nitrogens with one attached hydrogen (secondary N) is 1. The molecule has 0 bridgehead atoms. The van der Waals surface area contributed by atoms with Gasteiger partial charge in [-0.1, -0.05) is 23.2 Å². The highest BCUT2D eigenvalue weighted by Gasteiger charge is 2.20. The van der Waals surface area contributed by atoms with E-state index >= 15 is 0 Å². The normalized spacial score (nSPS) is 10.5. The summed E-state index contributed by atoms with van der Waals surface area (Å²) in [5, 5.41) is 12.9. The minimum atomic E-state index is -1.16. The summed E-state index contributed by atoms with van der Waals surface area (Å²) in [6.45, 7) is 1.66. The van der Waals surface area contributed by atoms with E-state index in [2.05, 4.69) is 5.32 Å². The SMILES string of the molecule is Cc1csc(C(=O)O)c1NC(=O)c1cc(F)c(Cl)cc1Cl. The maximum atomic E-state index is 13.4. The smallest absolute Gasteiger partial charge is 0.348 e. The first-order chi connectivity index (χ1) is 9.81. The molecular weight excluding hydrogens is 340 g/mol. The molecule has 0 unspecified atom stereocenters. The number of carbonyl (C=O) groups is 2. The van der Waals surface area contributed by atoms with Crippen LogP contribution in [0.25, 0.3) is 0 Å². The van der Waals surface area contributed by atoms with Gasteiger partial charge < -0.3 is 10.4 Å². The molecule has 1 heterocycles. The van der Waals surface area contributed by atoms with Gasteiger partial charge in [0.25, 0.3) is 5.91 Å². The van der Waals surface area contributed by atoms with E-state index in [-0.39, 0.29) is 26.2 Å². The number of carbonyl (C=O) groups excluding carboxylic acids is 1. The second kappa shape index (κ2) is 6.01. The van der Waals surface area contributed by atoms with Gasteiger partial charge in [0.15, 0.2) is 0 Å². The average Bonchev–Trinajstić information content (AvgIpc) is 2.75. The summed E-state index contributed by atoms with van der Waals surface area (Å²) in [6, 6.07) is 2.02. The van der Waals surface area contributed by atoms with Crippen LogP contribution in [0.15, 0.2) is 17.5 Å². The molecule has 0 fully saturated rings. The first-order valence-electron chi connectivity index (χ1n) is 5.58. The van der Waals surface area contributed by atoms with Gasteiger partial charge in [-0.3, -0.25) is 4.79 Å². The Bertz CT molecular complexity index is 745. The molecule has 110 valence electrons. The van der Waals surface area contributed by atoms with E-state index in [9.17, 15) is 14.0 Å². The second-order valence-corrected chi connectivity index (χ2v) is 5.82. The molecule has 1 aromatic carbocycles. The van der Waals surface area contributed by atoms with E-state index in [0.717, 1.165) is 23.5 Å². The maximum absolute atomic E-state index is 13.4. The Labute approximate surface area is 133 Å². The average molecular weight is 348 g/mol. The number of thiophene rings is 1. The van der Waals surface area contributed by atoms with Crippen LogP contribution in [0.1, 0.15) is 25.6 Å². The number of aryl methyl sites for hydroxylation is 1. The zero-order valence-corrected chi connectivity index (χ0v) is 12.9. The van der Waals surface area contributed by atoms with Gasteiger partial charge in [-0.15, -0.1) is 11.3 Å². The molecule has 1 aromatic heterocycles. The highest BCUT2D eigenvalue weighted by Crippen LogP contribution is 2.30. The Balaban J connectivity index is 2.37. The molecule has 1 amide bonds. The second-order valence-electron chi connectivity index (χ2n) is 4.13. The number of amides is 1. The number of carboxylic acids is 1. The van der Waals surface area contributed by atoms with Crippen molar-refractivity contribution >= 4 is 52.1 Å². The summed E-state index contributed by atoms with van der Waals surface area (Å²) in [5.74, 6) is -2.65. The molecule has 0 saturated heterocycles. The van der Waals surface area contributed by atoms with Crippen LogP contribution in [0, 0.1) is 12.7 Å². The van der Waals surface area contributed by atoms with Crippen molar-refractivity contribution in [3.05, 3.63) is 49.4 Å². The van der Waals surface area contributed by atoms with Crippen LogP contribution in [0.2, 0.25) is 10.0 Å². The Morgan fingerprint density at radius 3 is 2.57 bits per heavy atom. The number of rotatable bonds is 3. The Kier molecular flexibility index (Phi) is 4.51. The highest BCUT2D eigenvalue weighted by molar-refractivity contribution is 7.12. The molecule has 2 N–H and O–H groups in total. The van der Waals surface area contributed by atoms with Gasteiger partial charge in [-0.05, 0) is 30.0 Å². The van der Waals surface area contributed by atoms with Gasteiger partial charge in [0, 0.05) is 0 Å². The summed E-state index contributed by atoms with van der Waals surface area (Å²) in [7, 11) is 0. The minimum absolute atomic E-state index is 0.00796. The molecule has 4 nitrogen and oxygen atoms in total. The first-order valence-corrected chi connectivity index (χ1v) is 7.22. The topological polar surface area (TPSA) is 66.4 Å².